The second-order valence-electron chi connectivity index (χ2n) is 4.31. The maximum absolute atomic E-state index is 12.9. The van der Waals surface area contributed by atoms with E-state index in [-0.39, 0.29) is 6.61 Å². The van der Waals surface area contributed by atoms with Crippen LogP contribution in [0.2, 0.25) is 0 Å². The summed E-state index contributed by atoms with van der Waals surface area (Å²) in [7, 11) is 0. The Bertz CT molecular complexity index is 364. The van der Waals surface area contributed by atoms with Crippen LogP contribution >= 0.6 is 0 Å². The first-order chi connectivity index (χ1) is 7.69. The Balaban J connectivity index is 1.80. The standard InChI is InChI=1S/C12H15F2NO/c13-11-2-1-9(5-12(11)14)3-4-15-6-10(7-15)8-16/h1-2,5,10,16H,3-4,6-8H2. The highest BCUT2D eigenvalue weighted by atomic mass is 19.2. The number of hydrogen-bond acceptors (Lipinski definition) is 2. The molecule has 4 heteroatoms. The average Bonchev–Trinajstić information content (AvgIpc) is 2.21. The van der Waals surface area contributed by atoms with Crippen molar-refractivity contribution in [2.24, 2.45) is 5.92 Å². The first-order valence-electron chi connectivity index (χ1n) is 5.46. The van der Waals surface area contributed by atoms with Crippen molar-refractivity contribution in [2.75, 3.05) is 26.2 Å². The quantitative estimate of drug-likeness (QED) is 0.841. The Morgan fingerprint density at radius 1 is 1.25 bits per heavy atom. The predicted octanol–water partition coefficient (Wildman–Crippen LogP) is 1.43. The highest BCUT2D eigenvalue weighted by Gasteiger charge is 2.24. The molecule has 1 aliphatic heterocycles. The molecule has 1 aliphatic rings. The van der Waals surface area contributed by atoms with Gasteiger partial charge in [-0.2, -0.15) is 0 Å². The molecule has 1 heterocycles. The fourth-order valence-corrected chi connectivity index (χ4v) is 1.96. The Hall–Kier alpha value is -1.00. The van der Waals surface area contributed by atoms with Crippen molar-refractivity contribution < 1.29 is 13.9 Å². The molecule has 1 fully saturated rings. The average molecular weight is 227 g/mol. The summed E-state index contributed by atoms with van der Waals surface area (Å²) in [4.78, 5) is 2.20. The highest BCUT2D eigenvalue weighted by molar-refractivity contribution is 5.18. The number of nitrogens with zero attached hydrogens (tertiary/aromatic N) is 1. The van der Waals surface area contributed by atoms with E-state index in [1.807, 2.05) is 0 Å². The van der Waals surface area contributed by atoms with Crippen molar-refractivity contribution in [3.8, 4) is 0 Å². The molecule has 2 nitrogen and oxygen atoms in total. The molecule has 16 heavy (non-hydrogen) atoms. The molecule has 0 radical (unpaired) electrons. The van der Waals surface area contributed by atoms with Gasteiger partial charge in [0, 0.05) is 32.2 Å². The van der Waals surface area contributed by atoms with Gasteiger partial charge in [0.25, 0.3) is 0 Å². The van der Waals surface area contributed by atoms with Crippen molar-refractivity contribution in [1.29, 1.82) is 0 Å². The summed E-state index contributed by atoms with van der Waals surface area (Å²) in [6, 6.07) is 4.03. The van der Waals surface area contributed by atoms with Gasteiger partial charge in [0.05, 0.1) is 0 Å². The second-order valence-corrected chi connectivity index (χ2v) is 4.31. The SMILES string of the molecule is OCC1CN(CCc2ccc(F)c(F)c2)C1. The van der Waals surface area contributed by atoms with Crippen LogP contribution in [0.4, 0.5) is 8.78 Å². The van der Waals surface area contributed by atoms with Crippen molar-refractivity contribution >= 4 is 0 Å². The predicted molar refractivity (Wildman–Crippen MR) is 57.1 cm³/mol. The molecule has 0 atom stereocenters. The van der Waals surface area contributed by atoms with Gasteiger partial charge in [-0.3, -0.25) is 0 Å². The number of hydrogen-bond donors (Lipinski definition) is 1. The zero-order chi connectivity index (χ0) is 11.5. The molecule has 0 bridgehead atoms. The number of rotatable bonds is 4. The zero-order valence-electron chi connectivity index (χ0n) is 9.00. The van der Waals surface area contributed by atoms with Gasteiger partial charge in [-0.1, -0.05) is 6.07 Å². The molecule has 0 aliphatic carbocycles. The molecule has 1 saturated heterocycles. The number of halogens is 2. The minimum Gasteiger partial charge on any atom is -0.396 e. The number of benzene rings is 1. The van der Waals surface area contributed by atoms with Crippen molar-refractivity contribution in [3.05, 3.63) is 35.4 Å². The van der Waals surface area contributed by atoms with Crippen LogP contribution in [0, 0.1) is 17.6 Å². The Kier molecular flexibility index (Phi) is 3.51. The van der Waals surface area contributed by atoms with E-state index in [0.717, 1.165) is 37.7 Å². The van der Waals surface area contributed by atoms with E-state index in [1.54, 1.807) is 6.07 Å². The first-order valence-corrected chi connectivity index (χ1v) is 5.46. The van der Waals surface area contributed by atoms with E-state index in [9.17, 15) is 8.78 Å². The van der Waals surface area contributed by atoms with Gasteiger partial charge in [0.2, 0.25) is 0 Å². The van der Waals surface area contributed by atoms with E-state index in [0.29, 0.717) is 5.92 Å². The monoisotopic (exact) mass is 227 g/mol. The van der Waals surface area contributed by atoms with Crippen LogP contribution in [0.25, 0.3) is 0 Å². The smallest absolute Gasteiger partial charge is 0.159 e. The summed E-state index contributed by atoms with van der Waals surface area (Å²) < 4.78 is 25.6. The van der Waals surface area contributed by atoms with Gasteiger partial charge in [0.1, 0.15) is 0 Å². The minimum atomic E-state index is -0.798. The molecule has 0 spiro atoms. The lowest BCUT2D eigenvalue weighted by molar-refractivity contribution is 0.0551. The van der Waals surface area contributed by atoms with E-state index in [2.05, 4.69) is 4.90 Å². The van der Waals surface area contributed by atoms with Gasteiger partial charge in [0.15, 0.2) is 11.6 Å². The summed E-state index contributed by atoms with van der Waals surface area (Å²) in [6.07, 6.45) is 0.718. The molecular weight excluding hydrogens is 212 g/mol. The molecule has 2 rings (SSSR count). The molecule has 1 aromatic carbocycles. The van der Waals surface area contributed by atoms with Gasteiger partial charge < -0.3 is 10.0 Å². The van der Waals surface area contributed by atoms with Crippen LogP contribution in [-0.2, 0) is 6.42 Å². The van der Waals surface area contributed by atoms with Gasteiger partial charge >= 0.3 is 0 Å². The largest absolute Gasteiger partial charge is 0.396 e. The molecule has 0 saturated carbocycles. The van der Waals surface area contributed by atoms with Crippen LogP contribution in [0.15, 0.2) is 18.2 Å². The third-order valence-electron chi connectivity index (χ3n) is 2.99. The Labute approximate surface area is 93.5 Å². The zero-order valence-corrected chi connectivity index (χ0v) is 9.00. The van der Waals surface area contributed by atoms with E-state index in [1.165, 1.54) is 6.07 Å². The van der Waals surface area contributed by atoms with Crippen LogP contribution in [0.5, 0.6) is 0 Å². The van der Waals surface area contributed by atoms with Gasteiger partial charge in [-0.05, 0) is 24.1 Å². The number of aliphatic hydroxyl groups excluding tert-OH is 1. The van der Waals surface area contributed by atoms with Crippen molar-refractivity contribution in [2.45, 2.75) is 6.42 Å². The maximum atomic E-state index is 12.9. The van der Waals surface area contributed by atoms with Gasteiger partial charge in [-0.25, -0.2) is 8.78 Å². The van der Waals surface area contributed by atoms with Crippen molar-refractivity contribution in [3.63, 3.8) is 0 Å². The van der Waals surface area contributed by atoms with Crippen molar-refractivity contribution in [1.82, 2.24) is 4.90 Å². The molecule has 88 valence electrons. The second kappa shape index (κ2) is 4.89. The fourth-order valence-electron chi connectivity index (χ4n) is 1.96. The lowest BCUT2D eigenvalue weighted by Crippen LogP contribution is -2.48. The van der Waals surface area contributed by atoms with Gasteiger partial charge in [-0.15, -0.1) is 0 Å². The summed E-state index contributed by atoms with van der Waals surface area (Å²) in [5, 5.41) is 8.84. The van der Waals surface area contributed by atoms with Crippen LogP contribution in [0.1, 0.15) is 5.56 Å². The molecule has 0 unspecified atom stereocenters. The third kappa shape index (κ3) is 2.57. The number of likely N-dealkylation sites (tertiary alicyclic amines) is 1. The lowest BCUT2D eigenvalue weighted by atomic mass is 10.0. The Morgan fingerprint density at radius 2 is 2.00 bits per heavy atom. The summed E-state index contributed by atoms with van der Waals surface area (Å²) in [5.74, 6) is -1.19. The normalized spacial score (nSPS) is 17.4. The Morgan fingerprint density at radius 3 is 2.62 bits per heavy atom. The third-order valence-corrected chi connectivity index (χ3v) is 2.99. The van der Waals surface area contributed by atoms with Crippen LogP contribution in [-0.4, -0.2) is 36.2 Å². The highest BCUT2D eigenvalue weighted by Crippen LogP contribution is 2.16. The summed E-state index contributed by atoms with van der Waals surface area (Å²) in [6.45, 7) is 2.88. The van der Waals surface area contributed by atoms with Crippen LogP contribution < -0.4 is 0 Å². The summed E-state index contributed by atoms with van der Waals surface area (Å²) in [5.41, 5.74) is 0.811. The van der Waals surface area contributed by atoms with Crippen LogP contribution in [0.3, 0.4) is 0 Å². The molecular formula is C12H15F2NO. The fraction of sp³-hybridized carbons (Fsp3) is 0.500. The van der Waals surface area contributed by atoms with E-state index >= 15 is 0 Å². The van der Waals surface area contributed by atoms with E-state index in [4.69, 9.17) is 5.11 Å². The number of aliphatic hydroxyl groups is 1. The summed E-state index contributed by atoms with van der Waals surface area (Å²) >= 11 is 0. The first kappa shape index (κ1) is 11.5. The molecule has 0 amide bonds. The minimum absolute atomic E-state index is 0.238. The maximum Gasteiger partial charge on any atom is 0.159 e. The lowest BCUT2D eigenvalue weighted by Gasteiger charge is -2.38. The molecule has 1 aromatic rings. The molecule has 0 aromatic heterocycles. The molecule has 1 N–H and O–H groups in total. The van der Waals surface area contributed by atoms with E-state index < -0.39 is 11.6 Å². The topological polar surface area (TPSA) is 23.5 Å².